The van der Waals surface area contributed by atoms with E-state index in [4.69, 9.17) is 4.74 Å². The van der Waals surface area contributed by atoms with Crippen molar-refractivity contribution in [3.8, 4) is 0 Å². The zero-order chi connectivity index (χ0) is 18.9. The summed E-state index contributed by atoms with van der Waals surface area (Å²) in [5, 5.41) is 0. The second-order valence-electron chi connectivity index (χ2n) is 6.76. The van der Waals surface area contributed by atoms with Crippen LogP contribution in [0.15, 0.2) is 29.2 Å². The summed E-state index contributed by atoms with van der Waals surface area (Å²) in [6, 6.07) is 4.15. The summed E-state index contributed by atoms with van der Waals surface area (Å²) in [5.41, 5.74) is -0.957. The van der Waals surface area contributed by atoms with Crippen molar-refractivity contribution in [2.45, 2.75) is 42.9 Å². The van der Waals surface area contributed by atoms with Crippen LogP contribution in [0.1, 0.15) is 25.3 Å². The first-order chi connectivity index (χ1) is 12.2. The molecule has 0 aliphatic carbocycles. The van der Waals surface area contributed by atoms with Crippen LogP contribution in [0, 0.1) is 0 Å². The Bertz CT molecular complexity index is 737. The number of piperazine rings is 1. The average molecular weight is 392 g/mol. The molecule has 2 saturated heterocycles. The number of benzene rings is 1. The maximum atomic E-state index is 12.9. The molecule has 0 N–H and O–H groups in total. The molecular weight excluding hydrogens is 369 g/mol. The van der Waals surface area contributed by atoms with Gasteiger partial charge in [-0.2, -0.15) is 17.5 Å². The largest absolute Gasteiger partial charge is 0.416 e. The van der Waals surface area contributed by atoms with E-state index in [9.17, 15) is 21.6 Å². The first-order valence-electron chi connectivity index (χ1n) is 8.74. The number of halogens is 3. The number of fused-ring (bicyclic) bond motifs is 1. The minimum Gasteiger partial charge on any atom is -0.378 e. The number of sulfonamides is 1. The predicted molar refractivity (Wildman–Crippen MR) is 90.2 cm³/mol. The lowest BCUT2D eigenvalue weighted by molar-refractivity contribution is -0.137. The van der Waals surface area contributed by atoms with E-state index in [2.05, 4.69) is 11.8 Å². The van der Waals surface area contributed by atoms with Crippen LogP contribution in [0.25, 0.3) is 0 Å². The highest BCUT2D eigenvalue weighted by atomic mass is 32.2. The molecule has 2 aliphatic rings. The summed E-state index contributed by atoms with van der Waals surface area (Å²) in [7, 11) is -3.97. The van der Waals surface area contributed by atoms with Gasteiger partial charge >= 0.3 is 6.18 Å². The van der Waals surface area contributed by atoms with E-state index in [1.807, 2.05) is 0 Å². The molecule has 26 heavy (non-hydrogen) atoms. The third-order valence-electron chi connectivity index (χ3n) is 5.00. The molecule has 0 unspecified atom stereocenters. The highest BCUT2D eigenvalue weighted by Gasteiger charge is 2.40. The molecule has 0 bridgehead atoms. The van der Waals surface area contributed by atoms with Crippen LogP contribution in [0.3, 0.4) is 0 Å². The van der Waals surface area contributed by atoms with Crippen LogP contribution < -0.4 is 0 Å². The fourth-order valence-corrected chi connectivity index (χ4v) is 5.20. The third kappa shape index (κ3) is 3.90. The summed E-state index contributed by atoms with van der Waals surface area (Å²) in [4.78, 5) is 1.97. The van der Waals surface area contributed by atoms with Gasteiger partial charge in [0.25, 0.3) is 0 Å². The Morgan fingerprint density at radius 1 is 1.23 bits per heavy atom. The maximum Gasteiger partial charge on any atom is 0.416 e. The number of rotatable bonds is 4. The van der Waals surface area contributed by atoms with Crippen LogP contribution in [0.2, 0.25) is 0 Å². The summed E-state index contributed by atoms with van der Waals surface area (Å²) < 4.78 is 71.3. The molecule has 2 fully saturated rings. The molecule has 0 radical (unpaired) electrons. The monoisotopic (exact) mass is 392 g/mol. The van der Waals surface area contributed by atoms with Gasteiger partial charge in [-0.1, -0.05) is 19.4 Å². The average Bonchev–Trinajstić information content (AvgIpc) is 2.61. The minimum absolute atomic E-state index is 0.0605. The summed E-state index contributed by atoms with van der Waals surface area (Å²) in [6.45, 7) is 4.25. The molecule has 5 nitrogen and oxygen atoms in total. The fourth-order valence-electron chi connectivity index (χ4n) is 3.69. The maximum absolute atomic E-state index is 12.9. The zero-order valence-electron chi connectivity index (χ0n) is 14.6. The number of ether oxygens (including phenoxy) is 1. The Morgan fingerprint density at radius 2 is 2.00 bits per heavy atom. The lowest BCUT2D eigenvalue weighted by Gasteiger charge is -2.47. The van der Waals surface area contributed by atoms with E-state index in [0.29, 0.717) is 25.8 Å². The number of hydrogen-bond donors (Lipinski definition) is 0. The molecule has 1 aromatic carbocycles. The van der Waals surface area contributed by atoms with Crippen molar-refractivity contribution in [2.24, 2.45) is 0 Å². The first kappa shape index (κ1) is 19.6. The predicted octanol–water partition coefficient (Wildman–Crippen LogP) is 2.58. The molecular formula is C17H23F3N2O3S. The lowest BCUT2D eigenvalue weighted by atomic mass is 10.0. The van der Waals surface area contributed by atoms with Crippen molar-refractivity contribution >= 4 is 10.0 Å². The normalized spacial score (nSPS) is 25.8. The molecule has 0 spiro atoms. The van der Waals surface area contributed by atoms with E-state index < -0.39 is 21.8 Å². The SMILES string of the molecule is CCC[C@H]1COC[C@H]2CN(S(=O)(=O)c3cccc(C(F)(F)F)c3)CCN12. The highest BCUT2D eigenvalue weighted by Crippen LogP contribution is 2.32. The van der Waals surface area contributed by atoms with Crippen molar-refractivity contribution in [1.82, 2.24) is 9.21 Å². The number of alkyl halides is 3. The van der Waals surface area contributed by atoms with Gasteiger partial charge in [0.1, 0.15) is 0 Å². The molecule has 0 saturated carbocycles. The van der Waals surface area contributed by atoms with Crippen molar-refractivity contribution in [1.29, 1.82) is 0 Å². The van der Waals surface area contributed by atoms with Crippen molar-refractivity contribution < 1.29 is 26.3 Å². The highest BCUT2D eigenvalue weighted by molar-refractivity contribution is 7.89. The Labute approximate surface area is 151 Å². The van der Waals surface area contributed by atoms with E-state index >= 15 is 0 Å². The van der Waals surface area contributed by atoms with E-state index in [1.165, 1.54) is 10.4 Å². The number of nitrogens with zero attached hydrogens (tertiary/aromatic N) is 2. The van der Waals surface area contributed by atoms with Gasteiger partial charge in [-0.15, -0.1) is 0 Å². The molecule has 0 aromatic heterocycles. The topological polar surface area (TPSA) is 49.9 Å². The van der Waals surface area contributed by atoms with Gasteiger partial charge in [0.05, 0.1) is 23.7 Å². The second kappa shape index (κ2) is 7.46. The van der Waals surface area contributed by atoms with Gasteiger partial charge in [0, 0.05) is 31.7 Å². The number of hydrogen-bond acceptors (Lipinski definition) is 4. The summed E-state index contributed by atoms with van der Waals surface area (Å²) in [5.74, 6) is 0. The summed E-state index contributed by atoms with van der Waals surface area (Å²) >= 11 is 0. The lowest BCUT2D eigenvalue weighted by Crippen LogP contribution is -2.62. The molecule has 9 heteroatoms. The Hall–Kier alpha value is -1.16. The molecule has 2 aliphatic heterocycles. The molecule has 0 amide bonds. The second-order valence-corrected chi connectivity index (χ2v) is 8.70. The minimum atomic E-state index is -4.57. The van der Waals surface area contributed by atoms with Crippen LogP contribution in [-0.2, 0) is 20.9 Å². The van der Waals surface area contributed by atoms with Gasteiger partial charge in [0.15, 0.2) is 0 Å². The van der Waals surface area contributed by atoms with Gasteiger partial charge in [-0.25, -0.2) is 8.42 Å². The van der Waals surface area contributed by atoms with E-state index in [1.54, 1.807) is 0 Å². The van der Waals surface area contributed by atoms with Gasteiger partial charge in [-0.3, -0.25) is 4.90 Å². The van der Waals surface area contributed by atoms with Gasteiger partial charge < -0.3 is 4.74 Å². The van der Waals surface area contributed by atoms with E-state index in [-0.39, 0.29) is 30.1 Å². The molecule has 2 heterocycles. The standard InChI is InChI=1S/C17H23F3N2O3S/c1-2-4-14-11-25-12-15-10-21(7-8-22(14)15)26(23,24)16-6-3-5-13(9-16)17(18,19)20/h3,5-6,9,14-15H,2,4,7-8,10-12H2,1H3/t14-,15+/m0/s1. The van der Waals surface area contributed by atoms with Crippen molar-refractivity contribution in [2.75, 3.05) is 32.8 Å². The quantitative estimate of drug-likeness (QED) is 0.790. The van der Waals surface area contributed by atoms with E-state index in [0.717, 1.165) is 25.0 Å². The van der Waals surface area contributed by atoms with Crippen LogP contribution in [0.5, 0.6) is 0 Å². The fraction of sp³-hybridized carbons (Fsp3) is 0.647. The molecule has 3 rings (SSSR count). The summed E-state index contributed by atoms with van der Waals surface area (Å²) in [6.07, 6.45) is -2.57. The smallest absolute Gasteiger partial charge is 0.378 e. The first-order valence-corrected chi connectivity index (χ1v) is 10.2. The van der Waals surface area contributed by atoms with Crippen LogP contribution in [0.4, 0.5) is 13.2 Å². The van der Waals surface area contributed by atoms with Gasteiger partial charge in [-0.05, 0) is 24.6 Å². The van der Waals surface area contributed by atoms with Crippen LogP contribution in [-0.4, -0.2) is 62.6 Å². The molecule has 2 atom stereocenters. The third-order valence-corrected chi connectivity index (χ3v) is 6.86. The molecule has 146 valence electrons. The Balaban J connectivity index is 1.79. The Kier molecular flexibility index (Phi) is 5.62. The zero-order valence-corrected chi connectivity index (χ0v) is 15.4. The molecule has 1 aromatic rings. The van der Waals surface area contributed by atoms with Crippen molar-refractivity contribution in [3.63, 3.8) is 0 Å². The Morgan fingerprint density at radius 3 is 2.69 bits per heavy atom. The number of morpholine rings is 1. The van der Waals surface area contributed by atoms with Crippen molar-refractivity contribution in [3.05, 3.63) is 29.8 Å². The van der Waals surface area contributed by atoms with Crippen LogP contribution >= 0.6 is 0 Å². The van der Waals surface area contributed by atoms with Gasteiger partial charge in [0.2, 0.25) is 10.0 Å².